The molecule has 0 aromatic carbocycles. The Labute approximate surface area is 181 Å². The number of nitrogens with one attached hydrogen (secondary N) is 1. The van der Waals surface area contributed by atoms with E-state index >= 15 is 0 Å². The van der Waals surface area contributed by atoms with E-state index in [2.05, 4.69) is 5.32 Å². The van der Waals surface area contributed by atoms with Crippen molar-refractivity contribution in [1.82, 2.24) is 5.32 Å². The number of carbonyl (C=O) groups is 4. The van der Waals surface area contributed by atoms with Gasteiger partial charge in [-0.15, -0.1) is 0 Å². The highest BCUT2D eigenvalue weighted by molar-refractivity contribution is 5.76. The minimum absolute atomic E-state index is 0.0919. The molecule has 0 heterocycles. The molecular weight excluding hydrogens is 416 g/mol. The van der Waals surface area contributed by atoms with Crippen LogP contribution < -0.4 is 11.1 Å². The van der Waals surface area contributed by atoms with Gasteiger partial charge in [0.1, 0.15) is 6.10 Å². The van der Waals surface area contributed by atoms with Gasteiger partial charge in [0.15, 0.2) is 11.9 Å². The highest BCUT2D eigenvalue weighted by Gasteiger charge is 2.29. The van der Waals surface area contributed by atoms with Crippen LogP contribution in [0, 0.1) is 0 Å². The maximum atomic E-state index is 11.7. The van der Waals surface area contributed by atoms with Gasteiger partial charge in [-0.1, -0.05) is 0 Å². The zero-order valence-electron chi connectivity index (χ0n) is 18.3. The Bertz CT molecular complexity index is 635. The Morgan fingerprint density at radius 3 is 2.06 bits per heavy atom. The van der Waals surface area contributed by atoms with Gasteiger partial charge in [0, 0.05) is 40.7 Å². The van der Waals surface area contributed by atoms with Gasteiger partial charge in [0.25, 0.3) is 0 Å². The first kappa shape index (κ1) is 28.5. The standard InChI is InChI=1S/C19H32N2O10/c1-12(22)21-18(16(26)11-28-10-9-27-8-6-20)19(31-15(4)25)17(30-14(3)24)5-7-29-13(2)23/h16-17,26H,5-11,20H2,1-4H3,(H,21,22)/b19-18-. The largest absolute Gasteiger partial charge is 0.466 e. The zero-order chi connectivity index (χ0) is 23.8. The van der Waals surface area contributed by atoms with Crippen molar-refractivity contribution in [2.75, 3.05) is 39.6 Å². The van der Waals surface area contributed by atoms with Gasteiger partial charge in [-0.25, -0.2) is 0 Å². The van der Waals surface area contributed by atoms with E-state index in [1.54, 1.807) is 0 Å². The van der Waals surface area contributed by atoms with Crippen molar-refractivity contribution in [3.8, 4) is 0 Å². The molecule has 31 heavy (non-hydrogen) atoms. The summed E-state index contributed by atoms with van der Waals surface area (Å²) in [5.41, 5.74) is 5.08. The van der Waals surface area contributed by atoms with Crippen molar-refractivity contribution in [2.24, 2.45) is 5.73 Å². The van der Waals surface area contributed by atoms with Crippen LogP contribution in [0.25, 0.3) is 0 Å². The number of rotatable bonds is 15. The lowest BCUT2D eigenvalue weighted by molar-refractivity contribution is -0.153. The summed E-state index contributed by atoms with van der Waals surface area (Å²) in [6.07, 6.45) is -2.77. The quantitative estimate of drug-likeness (QED) is 0.123. The lowest BCUT2D eigenvalue weighted by atomic mass is 10.1. The molecule has 0 aliphatic heterocycles. The number of nitrogens with two attached hydrogens (primary N) is 1. The molecular formula is C19H32N2O10. The van der Waals surface area contributed by atoms with Crippen molar-refractivity contribution in [3.05, 3.63) is 11.5 Å². The Morgan fingerprint density at radius 2 is 1.55 bits per heavy atom. The summed E-state index contributed by atoms with van der Waals surface area (Å²) in [4.78, 5) is 46.0. The van der Waals surface area contributed by atoms with Crippen LogP contribution in [0.4, 0.5) is 0 Å². The molecule has 0 fully saturated rings. The van der Waals surface area contributed by atoms with Crippen LogP contribution in [-0.2, 0) is 42.9 Å². The van der Waals surface area contributed by atoms with Crippen molar-refractivity contribution >= 4 is 23.8 Å². The minimum Gasteiger partial charge on any atom is -0.466 e. The fraction of sp³-hybridized carbons (Fsp3) is 0.684. The van der Waals surface area contributed by atoms with Crippen LogP contribution in [0.1, 0.15) is 34.1 Å². The Balaban J connectivity index is 5.71. The first-order valence-electron chi connectivity index (χ1n) is 9.62. The third kappa shape index (κ3) is 14.2. The number of aliphatic hydroxyl groups excluding tert-OH is 1. The molecule has 0 aromatic rings. The third-order valence-corrected chi connectivity index (χ3v) is 3.36. The smallest absolute Gasteiger partial charge is 0.307 e. The number of carbonyl (C=O) groups excluding carboxylic acids is 4. The Hall–Kier alpha value is -2.54. The first-order valence-corrected chi connectivity index (χ1v) is 9.62. The molecule has 0 bridgehead atoms. The van der Waals surface area contributed by atoms with Crippen LogP contribution in [-0.4, -0.2) is 80.7 Å². The number of aliphatic hydroxyl groups is 1. The van der Waals surface area contributed by atoms with E-state index in [9.17, 15) is 24.3 Å². The molecule has 2 unspecified atom stereocenters. The minimum atomic E-state index is -1.44. The fourth-order valence-corrected chi connectivity index (χ4v) is 2.28. The predicted octanol–water partition coefficient (Wildman–Crippen LogP) is -0.865. The number of ether oxygens (including phenoxy) is 5. The molecule has 12 nitrogen and oxygen atoms in total. The van der Waals surface area contributed by atoms with Gasteiger partial charge < -0.3 is 39.8 Å². The molecule has 0 aromatic heterocycles. The highest BCUT2D eigenvalue weighted by atomic mass is 16.6. The molecule has 0 aliphatic carbocycles. The van der Waals surface area contributed by atoms with Crippen molar-refractivity contribution in [1.29, 1.82) is 0 Å². The maximum absolute atomic E-state index is 11.7. The maximum Gasteiger partial charge on any atom is 0.307 e. The SMILES string of the molecule is CC(=O)N/C(=C(\OC(C)=O)C(CCOC(C)=O)OC(C)=O)C(O)COCCOCCN. The number of hydrogen-bond donors (Lipinski definition) is 3. The molecule has 0 saturated carbocycles. The van der Waals surface area contributed by atoms with Crippen LogP contribution in [0.2, 0.25) is 0 Å². The summed E-state index contributed by atoms with van der Waals surface area (Å²) in [5.74, 6) is -2.95. The van der Waals surface area contributed by atoms with Gasteiger partial charge in [-0.3, -0.25) is 19.2 Å². The normalized spacial score (nSPS) is 13.5. The third-order valence-electron chi connectivity index (χ3n) is 3.36. The zero-order valence-corrected chi connectivity index (χ0v) is 18.3. The van der Waals surface area contributed by atoms with Crippen LogP contribution >= 0.6 is 0 Å². The van der Waals surface area contributed by atoms with E-state index in [1.807, 2.05) is 0 Å². The highest BCUT2D eigenvalue weighted by Crippen LogP contribution is 2.20. The van der Waals surface area contributed by atoms with Gasteiger partial charge in [0.05, 0.1) is 38.7 Å². The van der Waals surface area contributed by atoms with Gasteiger partial charge in [-0.2, -0.15) is 0 Å². The molecule has 1 amide bonds. The van der Waals surface area contributed by atoms with Crippen LogP contribution in [0.3, 0.4) is 0 Å². The van der Waals surface area contributed by atoms with Crippen LogP contribution in [0.5, 0.6) is 0 Å². The van der Waals surface area contributed by atoms with E-state index in [0.29, 0.717) is 13.2 Å². The average molecular weight is 448 g/mol. The Morgan fingerprint density at radius 1 is 0.903 bits per heavy atom. The second kappa shape index (κ2) is 16.2. The molecule has 178 valence electrons. The summed E-state index contributed by atoms with van der Waals surface area (Å²) in [6, 6.07) is 0. The summed E-state index contributed by atoms with van der Waals surface area (Å²) >= 11 is 0. The Kier molecular flexibility index (Phi) is 14.9. The van der Waals surface area contributed by atoms with E-state index in [1.165, 1.54) is 13.8 Å². The summed E-state index contributed by atoms with van der Waals surface area (Å²) in [5, 5.41) is 13.0. The molecule has 2 atom stereocenters. The molecule has 0 rings (SSSR count). The molecule has 0 spiro atoms. The van der Waals surface area contributed by atoms with Crippen molar-refractivity contribution in [2.45, 2.75) is 46.3 Å². The van der Waals surface area contributed by atoms with E-state index < -0.39 is 36.0 Å². The lowest BCUT2D eigenvalue weighted by Crippen LogP contribution is -2.37. The van der Waals surface area contributed by atoms with Gasteiger partial charge >= 0.3 is 17.9 Å². The molecule has 0 aliphatic rings. The number of amides is 1. The summed E-state index contributed by atoms with van der Waals surface area (Å²) in [6.45, 7) is 5.22. The second-order valence-corrected chi connectivity index (χ2v) is 6.27. The van der Waals surface area contributed by atoms with Gasteiger partial charge in [-0.05, 0) is 0 Å². The number of esters is 3. The molecule has 0 radical (unpaired) electrons. The monoisotopic (exact) mass is 448 g/mol. The van der Waals surface area contributed by atoms with E-state index in [4.69, 9.17) is 29.4 Å². The first-order chi connectivity index (χ1) is 14.6. The summed E-state index contributed by atoms with van der Waals surface area (Å²) < 4.78 is 25.7. The molecule has 12 heteroatoms. The fourth-order valence-electron chi connectivity index (χ4n) is 2.28. The average Bonchev–Trinajstić information content (AvgIpc) is 2.65. The summed E-state index contributed by atoms with van der Waals surface area (Å²) in [7, 11) is 0. The van der Waals surface area contributed by atoms with E-state index in [-0.39, 0.29) is 44.3 Å². The predicted molar refractivity (Wildman–Crippen MR) is 106 cm³/mol. The van der Waals surface area contributed by atoms with Crippen LogP contribution in [0.15, 0.2) is 11.5 Å². The lowest BCUT2D eigenvalue weighted by Gasteiger charge is -2.25. The van der Waals surface area contributed by atoms with Crippen molar-refractivity contribution < 1.29 is 48.0 Å². The number of hydrogen-bond acceptors (Lipinski definition) is 11. The molecule has 4 N–H and O–H groups in total. The second-order valence-electron chi connectivity index (χ2n) is 6.27. The molecule has 0 saturated heterocycles. The topological polar surface area (TPSA) is 173 Å². The van der Waals surface area contributed by atoms with Crippen molar-refractivity contribution in [3.63, 3.8) is 0 Å². The van der Waals surface area contributed by atoms with E-state index in [0.717, 1.165) is 13.8 Å². The van der Waals surface area contributed by atoms with Gasteiger partial charge in [0.2, 0.25) is 5.91 Å².